The van der Waals surface area contributed by atoms with Crippen LogP contribution in [0.1, 0.15) is 61.3 Å². The van der Waals surface area contributed by atoms with Crippen molar-refractivity contribution in [3.05, 3.63) is 69.2 Å². The standard InChI is InChI=1S/C24H34BrN/c1-5-9-19-13-14-21(20(17-19)10-6-2)18-22(15-16-26(3)4)23-11-7-8-12-24(23)25/h7-8,11-14,17,22H,5-6,9-10,15-16,18H2,1-4H3. The average Bonchev–Trinajstić information content (AvgIpc) is 2.61. The lowest BCUT2D eigenvalue weighted by Gasteiger charge is -2.23. The van der Waals surface area contributed by atoms with E-state index < -0.39 is 0 Å². The molecule has 0 aromatic heterocycles. The molecule has 0 N–H and O–H groups in total. The van der Waals surface area contributed by atoms with Gasteiger partial charge >= 0.3 is 0 Å². The summed E-state index contributed by atoms with van der Waals surface area (Å²) in [4.78, 5) is 2.29. The van der Waals surface area contributed by atoms with Gasteiger partial charge in [0.2, 0.25) is 0 Å². The fraction of sp³-hybridized carbons (Fsp3) is 0.500. The number of nitrogens with zero attached hydrogens (tertiary/aromatic N) is 1. The first-order valence-electron chi connectivity index (χ1n) is 10.0. The number of aryl methyl sites for hydroxylation is 2. The molecule has 2 aromatic carbocycles. The quantitative estimate of drug-likeness (QED) is 0.420. The molecule has 0 saturated heterocycles. The summed E-state index contributed by atoms with van der Waals surface area (Å²) in [7, 11) is 4.33. The molecule has 142 valence electrons. The molecule has 0 saturated carbocycles. The van der Waals surface area contributed by atoms with Crippen molar-refractivity contribution >= 4 is 15.9 Å². The van der Waals surface area contributed by atoms with Gasteiger partial charge in [-0.1, -0.05) is 79.0 Å². The van der Waals surface area contributed by atoms with E-state index in [0.29, 0.717) is 5.92 Å². The highest BCUT2D eigenvalue weighted by Crippen LogP contribution is 2.32. The highest BCUT2D eigenvalue weighted by Gasteiger charge is 2.17. The lowest BCUT2D eigenvalue weighted by Crippen LogP contribution is -2.17. The molecule has 2 rings (SSSR count). The lowest BCUT2D eigenvalue weighted by molar-refractivity contribution is 0.379. The van der Waals surface area contributed by atoms with Crippen molar-refractivity contribution < 1.29 is 0 Å². The number of rotatable bonds is 10. The van der Waals surface area contributed by atoms with Gasteiger partial charge < -0.3 is 4.90 Å². The van der Waals surface area contributed by atoms with Gasteiger partial charge in [0.05, 0.1) is 0 Å². The molecule has 0 amide bonds. The Morgan fingerprint density at radius 2 is 1.65 bits per heavy atom. The first-order chi connectivity index (χ1) is 12.5. The predicted octanol–water partition coefficient (Wildman–Crippen LogP) is 6.63. The highest BCUT2D eigenvalue weighted by atomic mass is 79.9. The van der Waals surface area contributed by atoms with Crippen LogP contribution in [0.4, 0.5) is 0 Å². The Morgan fingerprint density at radius 3 is 2.31 bits per heavy atom. The van der Waals surface area contributed by atoms with Crippen LogP contribution in [0.25, 0.3) is 0 Å². The average molecular weight is 416 g/mol. The molecule has 2 heteroatoms. The van der Waals surface area contributed by atoms with E-state index in [9.17, 15) is 0 Å². The zero-order valence-electron chi connectivity index (χ0n) is 16.9. The van der Waals surface area contributed by atoms with Crippen LogP contribution < -0.4 is 0 Å². The minimum atomic E-state index is 0.542. The van der Waals surface area contributed by atoms with Crippen LogP contribution in [0.3, 0.4) is 0 Å². The molecule has 0 fully saturated rings. The van der Waals surface area contributed by atoms with Crippen LogP contribution in [0.15, 0.2) is 46.9 Å². The van der Waals surface area contributed by atoms with Gasteiger partial charge in [-0.15, -0.1) is 0 Å². The maximum Gasteiger partial charge on any atom is 0.0210 e. The van der Waals surface area contributed by atoms with Gasteiger partial charge in [0, 0.05) is 4.47 Å². The van der Waals surface area contributed by atoms with Crippen LogP contribution in [-0.4, -0.2) is 25.5 Å². The third-order valence-electron chi connectivity index (χ3n) is 5.06. The number of hydrogen-bond acceptors (Lipinski definition) is 1. The molecule has 0 aliphatic carbocycles. The van der Waals surface area contributed by atoms with Crippen molar-refractivity contribution in [2.45, 2.75) is 58.3 Å². The van der Waals surface area contributed by atoms with Crippen LogP contribution in [0.2, 0.25) is 0 Å². The van der Waals surface area contributed by atoms with E-state index in [1.165, 1.54) is 53.3 Å². The summed E-state index contributed by atoms with van der Waals surface area (Å²) in [5.74, 6) is 0.542. The van der Waals surface area contributed by atoms with Crippen LogP contribution in [0.5, 0.6) is 0 Å². The molecular formula is C24H34BrN. The second-order valence-electron chi connectivity index (χ2n) is 7.62. The molecule has 0 heterocycles. The molecule has 0 bridgehead atoms. The maximum absolute atomic E-state index is 3.79. The van der Waals surface area contributed by atoms with E-state index >= 15 is 0 Å². The second kappa shape index (κ2) is 10.9. The Balaban J connectivity index is 2.30. The number of hydrogen-bond donors (Lipinski definition) is 0. The second-order valence-corrected chi connectivity index (χ2v) is 8.47. The SMILES string of the molecule is CCCc1ccc(CC(CCN(C)C)c2ccccc2Br)c(CCC)c1. The van der Waals surface area contributed by atoms with Crippen molar-refractivity contribution in [1.82, 2.24) is 4.90 Å². The minimum absolute atomic E-state index is 0.542. The van der Waals surface area contributed by atoms with E-state index in [0.717, 1.165) is 13.0 Å². The zero-order valence-corrected chi connectivity index (χ0v) is 18.5. The van der Waals surface area contributed by atoms with Gasteiger partial charge in [0.25, 0.3) is 0 Å². The summed E-state index contributed by atoms with van der Waals surface area (Å²) in [6.07, 6.45) is 7.10. The summed E-state index contributed by atoms with van der Waals surface area (Å²) in [6.45, 7) is 5.66. The largest absolute Gasteiger partial charge is 0.309 e. The van der Waals surface area contributed by atoms with Crippen molar-refractivity contribution in [3.8, 4) is 0 Å². The van der Waals surface area contributed by atoms with Crippen molar-refractivity contribution in [3.63, 3.8) is 0 Å². The fourth-order valence-corrected chi connectivity index (χ4v) is 4.29. The van der Waals surface area contributed by atoms with Crippen molar-refractivity contribution in [2.24, 2.45) is 0 Å². The highest BCUT2D eigenvalue weighted by molar-refractivity contribution is 9.10. The maximum atomic E-state index is 3.79. The fourth-order valence-electron chi connectivity index (χ4n) is 3.68. The van der Waals surface area contributed by atoms with Gasteiger partial charge in [-0.25, -0.2) is 0 Å². The molecule has 1 atom stereocenters. The summed E-state index contributed by atoms with van der Waals surface area (Å²) in [5, 5.41) is 0. The number of halogens is 1. The molecule has 1 nitrogen and oxygen atoms in total. The van der Waals surface area contributed by atoms with E-state index in [1.807, 2.05) is 0 Å². The lowest BCUT2D eigenvalue weighted by atomic mass is 9.86. The van der Waals surface area contributed by atoms with E-state index in [1.54, 1.807) is 5.56 Å². The first kappa shape index (κ1) is 21.2. The monoisotopic (exact) mass is 415 g/mol. The van der Waals surface area contributed by atoms with Gasteiger partial charge in [-0.05, 0) is 80.6 Å². The van der Waals surface area contributed by atoms with Gasteiger partial charge in [-0.2, -0.15) is 0 Å². The Bertz CT molecular complexity index is 678. The summed E-state index contributed by atoms with van der Waals surface area (Å²) < 4.78 is 1.24. The summed E-state index contributed by atoms with van der Waals surface area (Å²) >= 11 is 3.79. The summed E-state index contributed by atoms with van der Waals surface area (Å²) in [6, 6.07) is 15.9. The first-order valence-corrected chi connectivity index (χ1v) is 10.8. The Morgan fingerprint density at radius 1 is 0.923 bits per heavy atom. The van der Waals surface area contributed by atoms with Gasteiger partial charge in [0.1, 0.15) is 0 Å². The molecule has 0 aliphatic heterocycles. The Hall–Kier alpha value is -1.12. The molecule has 0 spiro atoms. The molecule has 0 aliphatic rings. The number of benzene rings is 2. The van der Waals surface area contributed by atoms with Crippen molar-refractivity contribution in [2.75, 3.05) is 20.6 Å². The zero-order chi connectivity index (χ0) is 18.9. The Kier molecular flexibility index (Phi) is 8.87. The van der Waals surface area contributed by atoms with E-state index in [-0.39, 0.29) is 0 Å². The molecule has 26 heavy (non-hydrogen) atoms. The molecule has 1 unspecified atom stereocenters. The van der Waals surface area contributed by atoms with E-state index in [4.69, 9.17) is 0 Å². The normalized spacial score (nSPS) is 12.5. The van der Waals surface area contributed by atoms with Gasteiger partial charge in [-0.3, -0.25) is 0 Å². The van der Waals surface area contributed by atoms with Crippen LogP contribution >= 0.6 is 15.9 Å². The van der Waals surface area contributed by atoms with Crippen LogP contribution in [-0.2, 0) is 19.3 Å². The van der Waals surface area contributed by atoms with E-state index in [2.05, 4.69) is 91.2 Å². The predicted molar refractivity (Wildman–Crippen MR) is 118 cm³/mol. The molecule has 0 radical (unpaired) electrons. The molecular weight excluding hydrogens is 382 g/mol. The third-order valence-corrected chi connectivity index (χ3v) is 5.79. The Labute approximate surface area is 168 Å². The third kappa shape index (κ3) is 6.25. The smallest absolute Gasteiger partial charge is 0.0210 e. The van der Waals surface area contributed by atoms with Gasteiger partial charge in [0.15, 0.2) is 0 Å². The summed E-state index contributed by atoms with van der Waals surface area (Å²) in [5.41, 5.74) is 6.02. The minimum Gasteiger partial charge on any atom is -0.309 e. The molecule has 2 aromatic rings. The topological polar surface area (TPSA) is 3.24 Å². The van der Waals surface area contributed by atoms with Crippen molar-refractivity contribution in [1.29, 1.82) is 0 Å². The van der Waals surface area contributed by atoms with Crippen LogP contribution in [0, 0.1) is 0 Å².